The van der Waals surface area contributed by atoms with Gasteiger partial charge in [-0.2, -0.15) is 0 Å². The molecule has 1 amide bonds. The zero-order valence-electron chi connectivity index (χ0n) is 17.9. The Bertz CT molecular complexity index is 765. The van der Waals surface area contributed by atoms with E-state index in [4.69, 9.17) is 14.2 Å². The van der Waals surface area contributed by atoms with E-state index in [9.17, 15) is 13.2 Å². The van der Waals surface area contributed by atoms with Crippen molar-refractivity contribution in [3.63, 3.8) is 0 Å². The van der Waals surface area contributed by atoms with Crippen molar-refractivity contribution < 1.29 is 27.4 Å². The maximum Gasteiger partial charge on any atom is 0.254 e. The van der Waals surface area contributed by atoms with Crippen LogP contribution < -0.4 is 14.2 Å². The lowest BCUT2D eigenvalue weighted by Gasteiger charge is -2.29. The number of amides is 1. The number of rotatable bonds is 11. The third-order valence-corrected chi connectivity index (χ3v) is 6.57. The monoisotopic (exact) mass is 427 g/mol. The first-order valence-electron chi connectivity index (χ1n) is 10.4. The number of ether oxygens (including phenoxy) is 3. The number of hydrogen-bond donors (Lipinski definition) is 0. The van der Waals surface area contributed by atoms with Crippen molar-refractivity contribution in [1.29, 1.82) is 0 Å². The maximum atomic E-state index is 13.4. The summed E-state index contributed by atoms with van der Waals surface area (Å²) in [4.78, 5) is 15.1. The number of nitrogens with zero attached hydrogens (tertiary/aromatic N) is 1. The highest BCUT2D eigenvalue weighted by Gasteiger charge is 2.35. The van der Waals surface area contributed by atoms with Gasteiger partial charge in [0.2, 0.25) is 5.75 Å². The van der Waals surface area contributed by atoms with Crippen molar-refractivity contribution in [2.24, 2.45) is 0 Å². The molecular weight excluding hydrogens is 394 g/mol. The minimum atomic E-state index is -3.09. The van der Waals surface area contributed by atoms with E-state index in [0.717, 1.165) is 12.8 Å². The average molecular weight is 428 g/mol. The Balaban J connectivity index is 2.43. The zero-order valence-corrected chi connectivity index (χ0v) is 18.7. The van der Waals surface area contributed by atoms with Crippen LogP contribution in [-0.2, 0) is 9.84 Å². The quantitative estimate of drug-likeness (QED) is 0.539. The van der Waals surface area contributed by atoms with Crippen LogP contribution in [0, 0.1) is 0 Å². The fraction of sp³-hybridized carbons (Fsp3) is 0.667. The summed E-state index contributed by atoms with van der Waals surface area (Å²) in [7, 11) is -3.09. The predicted octanol–water partition coefficient (Wildman–Crippen LogP) is 3.31. The van der Waals surface area contributed by atoms with Crippen LogP contribution in [0.25, 0.3) is 0 Å². The molecule has 0 saturated carbocycles. The highest BCUT2D eigenvalue weighted by atomic mass is 32.2. The van der Waals surface area contributed by atoms with Crippen LogP contribution in [-0.4, -0.2) is 63.1 Å². The van der Waals surface area contributed by atoms with E-state index >= 15 is 0 Å². The molecule has 8 heteroatoms. The Labute approximate surface area is 174 Å². The lowest BCUT2D eigenvalue weighted by molar-refractivity contribution is 0.0693. The molecule has 29 heavy (non-hydrogen) atoms. The molecule has 164 valence electrons. The van der Waals surface area contributed by atoms with Gasteiger partial charge in [0.05, 0.1) is 31.3 Å². The summed E-state index contributed by atoms with van der Waals surface area (Å²) in [5, 5.41) is 0. The van der Waals surface area contributed by atoms with E-state index in [2.05, 4.69) is 0 Å². The molecule has 1 atom stereocenters. The van der Waals surface area contributed by atoms with Crippen LogP contribution in [0.3, 0.4) is 0 Å². The lowest BCUT2D eigenvalue weighted by atomic mass is 10.1. The first-order chi connectivity index (χ1) is 13.9. The second kappa shape index (κ2) is 10.7. The van der Waals surface area contributed by atoms with Crippen molar-refractivity contribution >= 4 is 15.7 Å². The van der Waals surface area contributed by atoms with Gasteiger partial charge in [-0.3, -0.25) is 4.79 Å². The highest BCUT2D eigenvalue weighted by Crippen LogP contribution is 2.39. The van der Waals surface area contributed by atoms with Crippen molar-refractivity contribution in [1.82, 2.24) is 4.90 Å². The molecule has 0 aliphatic carbocycles. The van der Waals surface area contributed by atoms with Gasteiger partial charge in [0.25, 0.3) is 5.91 Å². The Morgan fingerprint density at radius 1 is 1.03 bits per heavy atom. The number of benzene rings is 1. The fourth-order valence-electron chi connectivity index (χ4n) is 3.48. The topological polar surface area (TPSA) is 82.1 Å². The van der Waals surface area contributed by atoms with Crippen LogP contribution in [0.15, 0.2) is 12.1 Å². The molecule has 0 spiro atoms. The van der Waals surface area contributed by atoms with Gasteiger partial charge in [-0.15, -0.1) is 0 Å². The number of hydrogen-bond acceptors (Lipinski definition) is 6. The van der Waals surface area contributed by atoms with Gasteiger partial charge in [0, 0.05) is 18.2 Å². The van der Waals surface area contributed by atoms with Crippen LogP contribution >= 0.6 is 0 Å². The van der Waals surface area contributed by atoms with Crippen LogP contribution in [0.2, 0.25) is 0 Å². The average Bonchev–Trinajstić information content (AvgIpc) is 3.04. The molecule has 1 heterocycles. The summed E-state index contributed by atoms with van der Waals surface area (Å²) in [6.45, 7) is 9.45. The molecule has 1 aromatic rings. The van der Waals surface area contributed by atoms with E-state index in [1.54, 1.807) is 17.0 Å². The molecule has 1 unspecified atom stereocenters. The minimum Gasteiger partial charge on any atom is -0.490 e. The molecule has 1 saturated heterocycles. The third kappa shape index (κ3) is 6.01. The zero-order chi connectivity index (χ0) is 21.4. The highest BCUT2D eigenvalue weighted by molar-refractivity contribution is 7.91. The standard InChI is InChI=1S/C21H33NO6S/c1-5-9-11-22(17-10-12-29(24,25)15-17)21(23)16-13-18(26-6-2)20(28-8-4)19(14-16)27-7-3/h13-14,17H,5-12,15H2,1-4H3. The van der Waals surface area contributed by atoms with E-state index in [-0.39, 0.29) is 23.5 Å². The Morgan fingerprint density at radius 3 is 2.07 bits per heavy atom. The van der Waals surface area contributed by atoms with Crippen LogP contribution in [0.1, 0.15) is 57.3 Å². The van der Waals surface area contributed by atoms with E-state index < -0.39 is 9.84 Å². The van der Waals surface area contributed by atoms with E-state index in [0.29, 0.717) is 55.6 Å². The molecule has 1 aliphatic rings. The molecule has 1 aromatic carbocycles. The Kier molecular flexibility index (Phi) is 8.61. The summed E-state index contributed by atoms with van der Waals surface area (Å²) in [6.07, 6.45) is 2.21. The summed E-state index contributed by atoms with van der Waals surface area (Å²) >= 11 is 0. The SMILES string of the molecule is CCCCN(C(=O)c1cc(OCC)c(OCC)c(OCC)c1)C1CCS(=O)(=O)C1. The van der Waals surface area contributed by atoms with Crippen molar-refractivity contribution in [2.75, 3.05) is 37.9 Å². The Hall–Kier alpha value is -1.96. The smallest absolute Gasteiger partial charge is 0.254 e. The number of carbonyl (C=O) groups excluding carboxylic acids is 1. The number of sulfone groups is 1. The van der Waals surface area contributed by atoms with Gasteiger partial charge in [-0.05, 0) is 45.7 Å². The summed E-state index contributed by atoms with van der Waals surface area (Å²) in [5.74, 6) is 1.35. The minimum absolute atomic E-state index is 0.0239. The van der Waals surface area contributed by atoms with Crippen LogP contribution in [0.5, 0.6) is 17.2 Å². The van der Waals surface area contributed by atoms with Crippen LogP contribution in [0.4, 0.5) is 0 Å². The number of carbonyl (C=O) groups is 1. The largest absolute Gasteiger partial charge is 0.490 e. The molecule has 0 bridgehead atoms. The molecule has 0 N–H and O–H groups in total. The van der Waals surface area contributed by atoms with Crippen molar-refractivity contribution in [3.8, 4) is 17.2 Å². The van der Waals surface area contributed by atoms with E-state index in [1.165, 1.54) is 0 Å². The molecule has 1 aliphatic heterocycles. The third-order valence-electron chi connectivity index (χ3n) is 4.82. The second-order valence-electron chi connectivity index (χ2n) is 7.01. The normalized spacial score (nSPS) is 17.7. The molecular formula is C21H33NO6S. The summed E-state index contributed by atoms with van der Waals surface area (Å²) in [6, 6.07) is 3.04. The molecule has 2 rings (SSSR count). The van der Waals surface area contributed by atoms with Gasteiger partial charge in [0.15, 0.2) is 21.3 Å². The maximum absolute atomic E-state index is 13.4. The molecule has 0 radical (unpaired) electrons. The Morgan fingerprint density at radius 2 is 1.62 bits per heavy atom. The predicted molar refractivity (Wildman–Crippen MR) is 113 cm³/mol. The first kappa shape index (κ1) is 23.3. The van der Waals surface area contributed by atoms with E-state index in [1.807, 2.05) is 27.7 Å². The summed E-state index contributed by atoms with van der Waals surface area (Å²) < 4.78 is 41.1. The molecule has 7 nitrogen and oxygen atoms in total. The van der Waals surface area contributed by atoms with Crippen molar-refractivity contribution in [2.45, 2.75) is 53.0 Å². The first-order valence-corrected chi connectivity index (χ1v) is 12.3. The van der Waals surface area contributed by atoms with Gasteiger partial charge < -0.3 is 19.1 Å². The van der Waals surface area contributed by atoms with Gasteiger partial charge in [0.1, 0.15) is 0 Å². The molecule has 0 aromatic heterocycles. The fourth-order valence-corrected chi connectivity index (χ4v) is 5.21. The number of unbranched alkanes of at least 4 members (excludes halogenated alkanes) is 1. The molecule has 1 fully saturated rings. The second-order valence-corrected chi connectivity index (χ2v) is 9.24. The summed E-state index contributed by atoms with van der Waals surface area (Å²) in [5.41, 5.74) is 0.417. The van der Waals surface area contributed by atoms with Gasteiger partial charge in [-0.1, -0.05) is 13.3 Å². The lowest BCUT2D eigenvalue weighted by Crippen LogP contribution is -2.41. The van der Waals surface area contributed by atoms with Gasteiger partial charge >= 0.3 is 0 Å². The van der Waals surface area contributed by atoms with Crippen molar-refractivity contribution in [3.05, 3.63) is 17.7 Å². The van der Waals surface area contributed by atoms with Gasteiger partial charge in [-0.25, -0.2) is 8.42 Å².